The van der Waals surface area contributed by atoms with Crippen molar-refractivity contribution < 1.29 is 17.9 Å². The van der Waals surface area contributed by atoms with Crippen LogP contribution in [0, 0.1) is 5.41 Å². The lowest BCUT2D eigenvalue weighted by Gasteiger charge is -2.29. The average molecular weight is 565 g/mol. The van der Waals surface area contributed by atoms with Crippen LogP contribution in [0.5, 0.6) is 5.88 Å². The first-order valence-corrected chi connectivity index (χ1v) is 15.1. The maximum Gasteiger partial charge on any atom is 0.266 e. The summed E-state index contributed by atoms with van der Waals surface area (Å²) in [5.74, 6) is 0.859. The van der Waals surface area contributed by atoms with Gasteiger partial charge in [-0.1, -0.05) is 32.9 Å². The molecular formula is C29H36N6O4S. The number of nitrogens with zero attached hydrogens (tertiary/aromatic N) is 6. The molecule has 3 aromatic rings. The molecule has 10 nitrogen and oxygen atoms in total. The third kappa shape index (κ3) is 6.04. The zero-order valence-corrected chi connectivity index (χ0v) is 24.3. The molecule has 5 rings (SSSR count). The zero-order valence-electron chi connectivity index (χ0n) is 23.4. The van der Waals surface area contributed by atoms with Crippen LogP contribution in [0.3, 0.4) is 0 Å². The molecule has 2 aliphatic heterocycles. The van der Waals surface area contributed by atoms with Crippen LogP contribution in [0.15, 0.2) is 59.6 Å². The number of hydrogen-bond acceptors (Lipinski definition) is 8. The predicted molar refractivity (Wildman–Crippen MR) is 153 cm³/mol. The number of benzene rings is 1. The Morgan fingerprint density at radius 2 is 1.85 bits per heavy atom. The summed E-state index contributed by atoms with van der Waals surface area (Å²) in [6.07, 6.45) is 3.74. The molecule has 0 spiro atoms. The molecule has 0 saturated carbocycles. The monoisotopic (exact) mass is 564 g/mol. The summed E-state index contributed by atoms with van der Waals surface area (Å²) >= 11 is 0. The van der Waals surface area contributed by atoms with Gasteiger partial charge in [0.05, 0.1) is 23.7 Å². The van der Waals surface area contributed by atoms with Crippen LogP contribution in [-0.2, 0) is 16.6 Å². The molecular weight excluding hydrogens is 528 g/mol. The van der Waals surface area contributed by atoms with Gasteiger partial charge in [-0.3, -0.25) is 4.79 Å². The number of carbonyl (C=O) groups excluding carboxylic acids is 1. The number of ether oxygens (including phenoxy) is 1. The van der Waals surface area contributed by atoms with Crippen molar-refractivity contribution in [1.82, 2.24) is 19.9 Å². The minimum absolute atomic E-state index is 0.000128. The van der Waals surface area contributed by atoms with Crippen molar-refractivity contribution >= 4 is 27.7 Å². The van der Waals surface area contributed by atoms with Crippen molar-refractivity contribution in [1.29, 1.82) is 0 Å². The largest absolute Gasteiger partial charge is 0.476 e. The Balaban J connectivity index is 1.52. The molecule has 1 fully saturated rings. The van der Waals surface area contributed by atoms with E-state index in [2.05, 4.69) is 21.8 Å². The van der Waals surface area contributed by atoms with Crippen LogP contribution < -0.4 is 13.9 Å². The quantitative estimate of drug-likeness (QED) is 0.465. The summed E-state index contributed by atoms with van der Waals surface area (Å²) in [6, 6.07) is 14.0. The first kappa shape index (κ1) is 27.8. The van der Waals surface area contributed by atoms with Gasteiger partial charge in [0.2, 0.25) is 11.8 Å². The summed E-state index contributed by atoms with van der Waals surface area (Å²) in [5, 5.41) is 0. The van der Waals surface area contributed by atoms with E-state index in [4.69, 9.17) is 9.72 Å². The van der Waals surface area contributed by atoms with Crippen LogP contribution in [0.25, 0.3) is 0 Å². The van der Waals surface area contributed by atoms with Crippen molar-refractivity contribution in [3.8, 4) is 5.88 Å². The summed E-state index contributed by atoms with van der Waals surface area (Å²) in [7, 11) is -4.09. The van der Waals surface area contributed by atoms with Crippen molar-refractivity contribution in [3.05, 3.63) is 66.0 Å². The Labute approximate surface area is 236 Å². The molecule has 0 aliphatic carbocycles. The fourth-order valence-electron chi connectivity index (χ4n) is 5.02. The number of sulfonamides is 1. The first-order valence-electron chi connectivity index (χ1n) is 13.6. The molecule has 4 bridgehead atoms. The molecule has 4 heterocycles. The molecule has 2 aliphatic rings. The fraction of sp³-hybridized carbons (Fsp3) is 0.448. The van der Waals surface area contributed by atoms with Gasteiger partial charge in [-0.05, 0) is 55.5 Å². The first-order chi connectivity index (χ1) is 19.0. The second-order valence-corrected chi connectivity index (χ2v) is 13.4. The van der Waals surface area contributed by atoms with Crippen LogP contribution in [0.2, 0.25) is 0 Å². The Bertz CT molecular complexity index is 1490. The number of aromatic nitrogens is 3. The molecule has 40 heavy (non-hydrogen) atoms. The molecule has 212 valence electrons. The summed E-state index contributed by atoms with van der Waals surface area (Å²) in [4.78, 5) is 31.3. The minimum atomic E-state index is -4.09. The molecule has 2 aromatic heterocycles. The van der Waals surface area contributed by atoms with Crippen molar-refractivity contribution in [2.45, 2.75) is 58.0 Å². The molecule has 0 radical (unpaired) electrons. The second kappa shape index (κ2) is 11.0. The number of fused-ring (bicyclic) bond motifs is 4. The molecule has 1 amide bonds. The van der Waals surface area contributed by atoms with Gasteiger partial charge < -0.3 is 14.5 Å². The number of anilines is 2. The lowest BCUT2D eigenvalue weighted by atomic mass is 9.97. The SMILES string of the molecule is C[C@@H]1CCCN1c1cccc(CN2CCOc3ccnc(n3)N(CC(C)(C)C)S(=O)(=O)c3cccc(c3)C2=O)n1. The number of pyridine rings is 1. The highest BCUT2D eigenvalue weighted by Crippen LogP contribution is 2.28. The third-order valence-corrected chi connectivity index (χ3v) is 8.74. The lowest BCUT2D eigenvalue weighted by molar-refractivity contribution is 0.0712. The van der Waals surface area contributed by atoms with E-state index < -0.39 is 10.0 Å². The minimum Gasteiger partial charge on any atom is -0.476 e. The van der Waals surface area contributed by atoms with Gasteiger partial charge in [-0.25, -0.2) is 22.7 Å². The van der Waals surface area contributed by atoms with E-state index in [0.29, 0.717) is 6.04 Å². The lowest BCUT2D eigenvalue weighted by Crippen LogP contribution is -2.39. The standard InChI is InChI=1S/C29H36N6O4S/c1-21-8-7-15-34(21)25-12-6-10-23(31-25)19-33-16-17-39-26-13-14-30-28(32-26)35(20-29(2,3)4)40(37,38)24-11-5-9-22(18-24)27(33)36/h5-6,9-14,18,21H,7-8,15-17,19-20H2,1-4H3/t21-/m1/s1. The Morgan fingerprint density at radius 1 is 1.05 bits per heavy atom. The summed E-state index contributed by atoms with van der Waals surface area (Å²) in [6.45, 7) is 9.79. The van der Waals surface area contributed by atoms with Gasteiger partial charge >= 0.3 is 0 Å². The van der Waals surface area contributed by atoms with Crippen LogP contribution >= 0.6 is 0 Å². The maximum absolute atomic E-state index is 13.9. The topological polar surface area (TPSA) is 109 Å². The average Bonchev–Trinajstić information content (AvgIpc) is 3.36. The summed E-state index contributed by atoms with van der Waals surface area (Å²) < 4.78 is 34.9. The van der Waals surface area contributed by atoms with Crippen molar-refractivity contribution in [2.24, 2.45) is 5.41 Å². The van der Waals surface area contributed by atoms with E-state index in [1.807, 2.05) is 39.0 Å². The van der Waals surface area contributed by atoms with E-state index in [1.165, 1.54) is 22.6 Å². The van der Waals surface area contributed by atoms with Crippen molar-refractivity contribution in [3.63, 3.8) is 0 Å². The van der Waals surface area contributed by atoms with Crippen LogP contribution in [0.1, 0.15) is 56.6 Å². The van der Waals surface area contributed by atoms with Gasteiger partial charge in [-0.15, -0.1) is 0 Å². The molecule has 11 heteroatoms. The predicted octanol–water partition coefficient (Wildman–Crippen LogP) is 4.14. The second-order valence-electron chi connectivity index (χ2n) is 11.5. The maximum atomic E-state index is 13.9. The van der Waals surface area contributed by atoms with Gasteiger partial charge in [0.25, 0.3) is 15.9 Å². The molecule has 1 atom stereocenters. The number of carbonyl (C=O) groups is 1. The molecule has 1 saturated heterocycles. The van der Waals surface area contributed by atoms with Gasteiger partial charge in [0, 0.05) is 37.0 Å². The van der Waals surface area contributed by atoms with Gasteiger partial charge in [0.15, 0.2) is 0 Å². The highest BCUT2D eigenvalue weighted by molar-refractivity contribution is 7.92. The van der Waals surface area contributed by atoms with E-state index in [-0.39, 0.29) is 59.9 Å². The van der Waals surface area contributed by atoms with Gasteiger partial charge in [0.1, 0.15) is 12.4 Å². The Morgan fingerprint density at radius 3 is 2.60 bits per heavy atom. The number of rotatable bonds is 4. The molecule has 1 aromatic carbocycles. The number of amides is 1. The number of hydrogen-bond donors (Lipinski definition) is 0. The van der Waals surface area contributed by atoms with Gasteiger partial charge in [-0.2, -0.15) is 4.98 Å². The van der Waals surface area contributed by atoms with E-state index >= 15 is 0 Å². The van der Waals surface area contributed by atoms with Crippen molar-refractivity contribution in [2.75, 3.05) is 35.4 Å². The van der Waals surface area contributed by atoms with E-state index in [9.17, 15) is 13.2 Å². The zero-order chi connectivity index (χ0) is 28.5. The van der Waals surface area contributed by atoms with E-state index in [0.717, 1.165) is 30.9 Å². The third-order valence-electron chi connectivity index (χ3n) is 7.02. The van der Waals surface area contributed by atoms with Crippen LogP contribution in [0.4, 0.5) is 11.8 Å². The molecule has 0 unspecified atom stereocenters. The Hall–Kier alpha value is -3.73. The normalized spacial score (nSPS) is 19.4. The summed E-state index contributed by atoms with van der Waals surface area (Å²) in [5.41, 5.74) is 0.631. The van der Waals surface area contributed by atoms with E-state index in [1.54, 1.807) is 23.1 Å². The molecule has 0 N–H and O–H groups in total. The van der Waals surface area contributed by atoms with Crippen LogP contribution in [-0.4, -0.2) is 66.5 Å². The smallest absolute Gasteiger partial charge is 0.266 e. The Kier molecular flexibility index (Phi) is 7.67. The highest BCUT2D eigenvalue weighted by Gasteiger charge is 2.32. The fourth-order valence-corrected chi connectivity index (χ4v) is 6.66. The highest BCUT2D eigenvalue weighted by atomic mass is 32.2.